The number of carbonyl (C=O) groups is 1. The van der Waals surface area contributed by atoms with E-state index in [0.717, 1.165) is 11.3 Å². The monoisotopic (exact) mass is 373 g/mol. The molecule has 0 atom stereocenters. The average molecular weight is 373 g/mol. The fraction of sp³-hybridized carbons (Fsp3) is 0.143. The topological polar surface area (TPSA) is 99.9 Å². The molecule has 0 saturated heterocycles. The predicted octanol–water partition coefficient (Wildman–Crippen LogP) is 3.53. The second-order valence-corrected chi connectivity index (χ2v) is 6.03. The van der Waals surface area contributed by atoms with E-state index in [-0.39, 0.29) is 11.6 Å². The van der Waals surface area contributed by atoms with Gasteiger partial charge in [-0.1, -0.05) is 18.2 Å². The minimum absolute atomic E-state index is 0.249. The molecule has 2 aromatic carbocycles. The zero-order valence-corrected chi connectivity index (χ0v) is 15.6. The Morgan fingerprint density at radius 2 is 1.89 bits per heavy atom. The maximum absolute atomic E-state index is 12.5. The number of benzene rings is 2. The number of aryl methyl sites for hydroxylation is 1. The highest BCUT2D eigenvalue weighted by Crippen LogP contribution is 2.18. The van der Waals surface area contributed by atoms with E-state index >= 15 is 0 Å². The second kappa shape index (κ2) is 8.64. The summed E-state index contributed by atoms with van der Waals surface area (Å²) < 4.78 is 5.34. The van der Waals surface area contributed by atoms with E-state index < -0.39 is 0 Å². The number of hydrogen-bond acceptors (Lipinski definition) is 6. The SMILES string of the molecule is COc1ccccc1CNc1nc(C)cc(C(=O)Nc2ccc(C#N)cc2)n1. The lowest BCUT2D eigenvalue weighted by atomic mass is 10.2. The Morgan fingerprint density at radius 1 is 1.14 bits per heavy atom. The van der Waals surface area contributed by atoms with Crippen molar-refractivity contribution in [1.29, 1.82) is 5.26 Å². The number of nitrogens with zero attached hydrogens (tertiary/aromatic N) is 3. The molecule has 1 amide bonds. The molecule has 0 fully saturated rings. The van der Waals surface area contributed by atoms with Crippen molar-refractivity contribution in [3.63, 3.8) is 0 Å². The second-order valence-electron chi connectivity index (χ2n) is 6.03. The Morgan fingerprint density at radius 3 is 2.61 bits per heavy atom. The third-order valence-corrected chi connectivity index (χ3v) is 3.99. The summed E-state index contributed by atoms with van der Waals surface area (Å²) in [6.07, 6.45) is 0. The van der Waals surface area contributed by atoms with Crippen LogP contribution in [0.25, 0.3) is 0 Å². The number of carbonyl (C=O) groups excluding carboxylic acids is 1. The van der Waals surface area contributed by atoms with Crippen molar-refractivity contribution in [2.45, 2.75) is 13.5 Å². The highest BCUT2D eigenvalue weighted by atomic mass is 16.5. The van der Waals surface area contributed by atoms with Crippen LogP contribution in [0.1, 0.15) is 27.3 Å². The van der Waals surface area contributed by atoms with E-state index in [1.54, 1.807) is 44.4 Å². The molecular weight excluding hydrogens is 354 g/mol. The third kappa shape index (κ3) is 4.62. The molecule has 3 aromatic rings. The van der Waals surface area contributed by atoms with Crippen LogP contribution >= 0.6 is 0 Å². The van der Waals surface area contributed by atoms with Gasteiger partial charge in [0.1, 0.15) is 11.4 Å². The largest absolute Gasteiger partial charge is 0.496 e. The number of nitrogens with one attached hydrogen (secondary N) is 2. The lowest BCUT2D eigenvalue weighted by molar-refractivity contribution is 0.102. The normalized spacial score (nSPS) is 10.0. The predicted molar refractivity (Wildman–Crippen MR) is 106 cm³/mol. The Bertz CT molecular complexity index is 1030. The van der Waals surface area contributed by atoms with E-state index in [9.17, 15) is 4.79 Å². The number of para-hydroxylation sites is 1. The number of rotatable bonds is 6. The molecule has 0 saturated carbocycles. The molecule has 1 heterocycles. The van der Waals surface area contributed by atoms with Gasteiger partial charge in [-0.15, -0.1) is 0 Å². The third-order valence-electron chi connectivity index (χ3n) is 3.99. The van der Waals surface area contributed by atoms with Crippen LogP contribution in [0.4, 0.5) is 11.6 Å². The van der Waals surface area contributed by atoms with Crippen molar-refractivity contribution in [2.24, 2.45) is 0 Å². The molecule has 7 nitrogen and oxygen atoms in total. The number of methoxy groups -OCH3 is 1. The molecular formula is C21H19N5O2. The average Bonchev–Trinajstić information content (AvgIpc) is 2.72. The Kier molecular flexibility index (Phi) is 5.82. The summed E-state index contributed by atoms with van der Waals surface area (Å²) >= 11 is 0. The van der Waals surface area contributed by atoms with Crippen molar-refractivity contribution < 1.29 is 9.53 Å². The van der Waals surface area contributed by atoms with Gasteiger partial charge in [-0.25, -0.2) is 9.97 Å². The maximum atomic E-state index is 12.5. The van der Waals surface area contributed by atoms with Crippen LogP contribution < -0.4 is 15.4 Å². The Labute approximate surface area is 163 Å². The number of aromatic nitrogens is 2. The summed E-state index contributed by atoms with van der Waals surface area (Å²) in [6.45, 7) is 2.26. The van der Waals surface area contributed by atoms with Crippen LogP contribution in [0, 0.1) is 18.3 Å². The van der Waals surface area contributed by atoms with Crippen LogP contribution in [-0.4, -0.2) is 23.0 Å². The van der Waals surface area contributed by atoms with Crippen molar-refractivity contribution in [1.82, 2.24) is 9.97 Å². The van der Waals surface area contributed by atoms with Crippen LogP contribution in [0.3, 0.4) is 0 Å². The van der Waals surface area contributed by atoms with Gasteiger partial charge < -0.3 is 15.4 Å². The van der Waals surface area contributed by atoms with E-state index in [1.807, 2.05) is 30.3 Å². The van der Waals surface area contributed by atoms with Crippen molar-refractivity contribution in [3.05, 3.63) is 77.1 Å². The summed E-state index contributed by atoms with van der Waals surface area (Å²) in [6, 6.07) is 17.9. The molecule has 3 rings (SSSR count). The first-order valence-corrected chi connectivity index (χ1v) is 8.62. The highest BCUT2D eigenvalue weighted by Gasteiger charge is 2.12. The lowest BCUT2D eigenvalue weighted by Gasteiger charge is -2.11. The van der Waals surface area contributed by atoms with Gasteiger partial charge in [0.25, 0.3) is 5.91 Å². The van der Waals surface area contributed by atoms with Gasteiger partial charge in [0.2, 0.25) is 5.95 Å². The lowest BCUT2D eigenvalue weighted by Crippen LogP contribution is -2.16. The first kappa shape index (κ1) is 18.9. The van der Waals surface area contributed by atoms with Crippen molar-refractivity contribution in [3.8, 4) is 11.8 Å². The quantitative estimate of drug-likeness (QED) is 0.686. The van der Waals surface area contributed by atoms with Crippen LogP contribution in [0.15, 0.2) is 54.6 Å². The summed E-state index contributed by atoms with van der Waals surface area (Å²) in [7, 11) is 1.62. The fourth-order valence-corrected chi connectivity index (χ4v) is 2.61. The first-order valence-electron chi connectivity index (χ1n) is 8.62. The van der Waals surface area contributed by atoms with Gasteiger partial charge in [-0.3, -0.25) is 4.79 Å². The van der Waals surface area contributed by atoms with Gasteiger partial charge in [0.05, 0.1) is 18.7 Å². The van der Waals surface area contributed by atoms with Gasteiger partial charge in [0, 0.05) is 23.5 Å². The summed E-state index contributed by atoms with van der Waals surface area (Å²) in [5.74, 6) is 0.771. The molecule has 0 aliphatic rings. The number of anilines is 2. The Balaban J connectivity index is 1.73. The van der Waals surface area contributed by atoms with E-state index in [4.69, 9.17) is 10.00 Å². The van der Waals surface area contributed by atoms with Crippen molar-refractivity contribution in [2.75, 3.05) is 17.7 Å². The summed E-state index contributed by atoms with van der Waals surface area (Å²) in [5, 5.41) is 14.7. The molecule has 28 heavy (non-hydrogen) atoms. The number of nitriles is 1. The van der Waals surface area contributed by atoms with E-state index in [2.05, 4.69) is 20.6 Å². The summed E-state index contributed by atoms with van der Waals surface area (Å²) in [4.78, 5) is 21.2. The minimum Gasteiger partial charge on any atom is -0.496 e. The molecule has 7 heteroatoms. The van der Waals surface area contributed by atoms with E-state index in [0.29, 0.717) is 29.4 Å². The molecule has 2 N–H and O–H groups in total. The molecule has 0 radical (unpaired) electrons. The fourth-order valence-electron chi connectivity index (χ4n) is 2.61. The molecule has 0 unspecified atom stereocenters. The highest BCUT2D eigenvalue weighted by molar-refractivity contribution is 6.03. The zero-order valence-electron chi connectivity index (χ0n) is 15.6. The molecule has 0 aliphatic carbocycles. The zero-order chi connectivity index (χ0) is 19.9. The smallest absolute Gasteiger partial charge is 0.274 e. The molecule has 0 aliphatic heterocycles. The Hall–Kier alpha value is -3.92. The molecule has 0 spiro atoms. The number of ether oxygens (including phenoxy) is 1. The molecule has 1 aromatic heterocycles. The molecule has 140 valence electrons. The minimum atomic E-state index is -0.351. The van der Waals surface area contributed by atoms with E-state index in [1.165, 1.54) is 0 Å². The number of amides is 1. The van der Waals surface area contributed by atoms with Gasteiger partial charge >= 0.3 is 0 Å². The van der Waals surface area contributed by atoms with Gasteiger partial charge in [-0.05, 0) is 43.3 Å². The van der Waals surface area contributed by atoms with Crippen molar-refractivity contribution >= 4 is 17.5 Å². The van der Waals surface area contributed by atoms with Gasteiger partial charge in [-0.2, -0.15) is 5.26 Å². The molecule has 0 bridgehead atoms. The first-order chi connectivity index (χ1) is 13.6. The standard InChI is InChI=1S/C21H19N5O2/c1-14-11-18(20(27)25-17-9-7-15(12-22)8-10-17)26-21(24-14)23-13-16-5-3-4-6-19(16)28-2/h3-11H,13H2,1-2H3,(H,25,27)(H,23,24,26). The van der Waals surface area contributed by atoms with Crippen LogP contribution in [0.5, 0.6) is 5.75 Å². The summed E-state index contributed by atoms with van der Waals surface area (Å²) in [5.41, 5.74) is 2.99. The van der Waals surface area contributed by atoms with Crippen LogP contribution in [-0.2, 0) is 6.54 Å². The van der Waals surface area contributed by atoms with Crippen LogP contribution in [0.2, 0.25) is 0 Å². The van der Waals surface area contributed by atoms with Gasteiger partial charge in [0.15, 0.2) is 0 Å². The maximum Gasteiger partial charge on any atom is 0.274 e. The number of hydrogen-bond donors (Lipinski definition) is 2.